The molecule has 11 heteroatoms. The summed E-state index contributed by atoms with van der Waals surface area (Å²) in [6, 6.07) is 9.46. The van der Waals surface area contributed by atoms with Crippen molar-refractivity contribution in [1.82, 2.24) is 9.55 Å². The van der Waals surface area contributed by atoms with Crippen molar-refractivity contribution in [3.05, 3.63) is 66.0 Å². The number of hydrogen-bond donors (Lipinski definition) is 1. The highest BCUT2D eigenvalue weighted by Crippen LogP contribution is 2.33. The highest BCUT2D eigenvalue weighted by molar-refractivity contribution is 7.89. The highest BCUT2D eigenvalue weighted by Gasteiger charge is 2.35. The fourth-order valence-electron chi connectivity index (χ4n) is 2.49. The van der Waals surface area contributed by atoms with Gasteiger partial charge in [-0.1, -0.05) is 12.1 Å². The number of nitrogens with two attached hydrogens (primary N) is 1. The first-order valence-electron chi connectivity index (χ1n) is 7.65. The lowest BCUT2D eigenvalue weighted by molar-refractivity contribution is -0.140. The summed E-state index contributed by atoms with van der Waals surface area (Å²) in [4.78, 5) is 3.37. The average molecular weight is 417 g/mol. The van der Waals surface area contributed by atoms with Crippen LogP contribution in [0.1, 0.15) is 17.7 Å². The number of imidazole rings is 1. The van der Waals surface area contributed by atoms with E-state index in [0.29, 0.717) is 0 Å². The minimum absolute atomic E-state index is 0.141. The maximum Gasteiger partial charge on any atom is 0.434 e. The maximum atomic E-state index is 13.1. The van der Waals surface area contributed by atoms with E-state index < -0.39 is 28.3 Å². The van der Waals surface area contributed by atoms with Gasteiger partial charge < -0.3 is 0 Å². The van der Waals surface area contributed by atoms with Crippen molar-refractivity contribution in [3.8, 4) is 17.1 Å². The van der Waals surface area contributed by atoms with Crippen molar-refractivity contribution in [2.24, 2.45) is 5.14 Å². The van der Waals surface area contributed by atoms with Crippen LogP contribution >= 0.6 is 0 Å². The second kappa shape index (κ2) is 6.99. The van der Waals surface area contributed by atoms with Crippen molar-refractivity contribution in [2.45, 2.75) is 17.5 Å². The van der Waals surface area contributed by atoms with Crippen LogP contribution in [0.2, 0.25) is 0 Å². The molecular weight excluding hydrogens is 405 g/mol. The third-order valence-corrected chi connectivity index (χ3v) is 4.79. The third kappa shape index (κ3) is 4.04. The summed E-state index contributed by atoms with van der Waals surface area (Å²) in [6.45, 7) is 0. The summed E-state index contributed by atoms with van der Waals surface area (Å²) in [5.74, 6) is -0.141. The molecule has 1 aromatic heterocycles. The number of nitrogens with zero attached hydrogens (tertiary/aromatic N) is 2. The Morgan fingerprint density at radius 3 is 2.00 bits per heavy atom. The van der Waals surface area contributed by atoms with Crippen molar-refractivity contribution in [2.75, 3.05) is 0 Å². The van der Waals surface area contributed by atoms with Crippen molar-refractivity contribution < 1.29 is 30.4 Å². The first-order valence-corrected chi connectivity index (χ1v) is 9.20. The van der Waals surface area contributed by atoms with Crippen molar-refractivity contribution >= 4 is 10.0 Å². The summed E-state index contributed by atoms with van der Waals surface area (Å²) in [6.07, 6.45) is -6.71. The molecular formula is C17H12F5N3O2S. The molecule has 0 aliphatic heterocycles. The SMILES string of the molecule is NS(=O)(=O)c1ccc(-c2nc(C(F)(F)F)cn2-c2ccc(C(F)F)cc2)cc1. The Hall–Kier alpha value is -2.79. The Morgan fingerprint density at radius 2 is 1.54 bits per heavy atom. The Labute approximate surface area is 156 Å². The number of benzene rings is 2. The van der Waals surface area contributed by atoms with Gasteiger partial charge in [0.05, 0.1) is 4.90 Å². The van der Waals surface area contributed by atoms with E-state index in [4.69, 9.17) is 5.14 Å². The van der Waals surface area contributed by atoms with Crippen LogP contribution in [-0.2, 0) is 16.2 Å². The van der Waals surface area contributed by atoms with E-state index in [1.54, 1.807) is 0 Å². The molecule has 0 saturated carbocycles. The van der Waals surface area contributed by atoms with Crippen LogP contribution in [0.15, 0.2) is 59.6 Å². The molecule has 2 aromatic carbocycles. The first-order chi connectivity index (χ1) is 13.0. The fourth-order valence-corrected chi connectivity index (χ4v) is 3.01. The number of rotatable bonds is 4. The zero-order chi connectivity index (χ0) is 20.7. The molecule has 5 nitrogen and oxygen atoms in total. The number of hydrogen-bond acceptors (Lipinski definition) is 3. The molecule has 3 rings (SSSR count). The van der Waals surface area contributed by atoms with Crippen LogP contribution in [0.25, 0.3) is 17.1 Å². The van der Waals surface area contributed by atoms with Crippen LogP contribution in [0.3, 0.4) is 0 Å². The normalized spacial score (nSPS) is 12.5. The second-order valence-electron chi connectivity index (χ2n) is 5.78. The molecule has 0 fully saturated rings. The standard InChI is InChI=1S/C17H12F5N3O2S/c18-15(19)10-1-5-12(6-2-10)25-9-14(17(20,21)22)24-16(25)11-3-7-13(8-4-11)28(23,26)27/h1-9,15H,(H2,23,26,27). The van der Waals surface area contributed by atoms with Gasteiger partial charge in [0, 0.05) is 23.0 Å². The van der Waals surface area contributed by atoms with E-state index >= 15 is 0 Å². The molecule has 0 bridgehead atoms. The number of alkyl halides is 5. The minimum Gasteiger partial charge on any atom is -0.299 e. The lowest BCUT2D eigenvalue weighted by Gasteiger charge is -2.09. The van der Waals surface area contributed by atoms with Gasteiger partial charge in [-0.25, -0.2) is 27.3 Å². The van der Waals surface area contributed by atoms with E-state index in [2.05, 4.69) is 4.98 Å². The molecule has 0 radical (unpaired) electrons. The molecule has 1 heterocycles. The predicted octanol–water partition coefficient (Wildman–Crippen LogP) is 4.14. The summed E-state index contributed by atoms with van der Waals surface area (Å²) >= 11 is 0. The van der Waals surface area contributed by atoms with E-state index in [9.17, 15) is 30.4 Å². The zero-order valence-corrected chi connectivity index (χ0v) is 14.7. The Morgan fingerprint density at radius 1 is 0.964 bits per heavy atom. The topological polar surface area (TPSA) is 78.0 Å². The minimum atomic E-state index is -4.73. The molecule has 2 N–H and O–H groups in total. The molecule has 0 aliphatic rings. The molecule has 0 atom stereocenters. The van der Waals surface area contributed by atoms with Crippen LogP contribution in [-0.4, -0.2) is 18.0 Å². The summed E-state index contributed by atoms with van der Waals surface area (Å²) in [7, 11) is -3.97. The number of halogens is 5. The van der Waals surface area contributed by atoms with Crippen LogP contribution < -0.4 is 5.14 Å². The maximum absolute atomic E-state index is 13.1. The van der Waals surface area contributed by atoms with Crippen LogP contribution in [0.4, 0.5) is 22.0 Å². The Bertz CT molecular complexity index is 1090. The second-order valence-corrected chi connectivity index (χ2v) is 7.34. The van der Waals surface area contributed by atoms with Gasteiger partial charge in [-0.3, -0.25) is 4.57 Å². The number of sulfonamides is 1. The molecule has 0 aliphatic carbocycles. The summed E-state index contributed by atoms with van der Waals surface area (Å²) in [5, 5.41) is 5.01. The van der Waals surface area contributed by atoms with Gasteiger partial charge in [0.15, 0.2) is 5.69 Å². The largest absolute Gasteiger partial charge is 0.434 e. The third-order valence-electron chi connectivity index (χ3n) is 3.86. The lowest BCUT2D eigenvalue weighted by atomic mass is 10.2. The van der Waals surface area contributed by atoms with Gasteiger partial charge >= 0.3 is 6.18 Å². The molecule has 3 aromatic rings. The predicted molar refractivity (Wildman–Crippen MR) is 90.3 cm³/mol. The molecule has 0 unspecified atom stereocenters. The van der Waals surface area contributed by atoms with Gasteiger partial charge in [-0.15, -0.1) is 0 Å². The Balaban J connectivity index is 2.13. The molecule has 148 valence electrons. The molecule has 0 saturated heterocycles. The first kappa shape index (κ1) is 20.0. The highest BCUT2D eigenvalue weighted by atomic mass is 32.2. The van der Waals surface area contributed by atoms with Gasteiger partial charge in [-0.05, 0) is 36.4 Å². The van der Waals surface area contributed by atoms with Crippen LogP contribution in [0.5, 0.6) is 0 Å². The smallest absolute Gasteiger partial charge is 0.299 e. The average Bonchev–Trinajstić information content (AvgIpc) is 3.07. The van der Waals surface area contributed by atoms with E-state index in [-0.39, 0.29) is 27.5 Å². The Kier molecular flexibility index (Phi) is 4.98. The van der Waals surface area contributed by atoms with Gasteiger partial charge in [0.25, 0.3) is 6.43 Å². The monoisotopic (exact) mass is 417 g/mol. The molecule has 0 spiro atoms. The van der Waals surface area contributed by atoms with Crippen molar-refractivity contribution in [1.29, 1.82) is 0 Å². The zero-order valence-electron chi connectivity index (χ0n) is 13.9. The van der Waals surface area contributed by atoms with Crippen molar-refractivity contribution in [3.63, 3.8) is 0 Å². The lowest BCUT2D eigenvalue weighted by Crippen LogP contribution is -2.11. The number of primary sulfonamides is 1. The van der Waals surface area contributed by atoms with Gasteiger partial charge in [-0.2, -0.15) is 13.2 Å². The fraction of sp³-hybridized carbons (Fsp3) is 0.118. The summed E-state index contributed by atoms with van der Waals surface area (Å²) in [5.41, 5.74) is -1.10. The molecule has 28 heavy (non-hydrogen) atoms. The van der Waals surface area contributed by atoms with Gasteiger partial charge in [0.1, 0.15) is 5.82 Å². The number of aromatic nitrogens is 2. The van der Waals surface area contributed by atoms with E-state index in [0.717, 1.165) is 35.0 Å². The van der Waals surface area contributed by atoms with Gasteiger partial charge in [0.2, 0.25) is 10.0 Å². The molecule has 0 amide bonds. The van der Waals surface area contributed by atoms with E-state index in [1.807, 2.05) is 0 Å². The van der Waals surface area contributed by atoms with E-state index in [1.165, 1.54) is 24.3 Å². The quantitative estimate of drug-likeness (QED) is 0.648. The summed E-state index contributed by atoms with van der Waals surface area (Å²) < 4.78 is 88.6. The van der Waals surface area contributed by atoms with Crippen LogP contribution in [0, 0.1) is 0 Å².